The smallest absolute Gasteiger partial charge is 0.324 e. The van der Waals surface area contributed by atoms with Crippen molar-refractivity contribution in [2.45, 2.75) is 83.3 Å². The molecule has 0 spiro atoms. The van der Waals surface area contributed by atoms with Crippen LogP contribution >= 0.6 is 68.0 Å². The van der Waals surface area contributed by atoms with Crippen molar-refractivity contribution in [2.24, 2.45) is 5.92 Å². The van der Waals surface area contributed by atoms with Crippen LogP contribution in [0.2, 0.25) is 0 Å². The molecule has 3 aliphatic rings. The van der Waals surface area contributed by atoms with Gasteiger partial charge in [0.15, 0.2) is 0 Å². The summed E-state index contributed by atoms with van der Waals surface area (Å²) in [6.07, 6.45) is -0.157. The minimum atomic E-state index is -1.45. The normalized spacial score (nSPS) is 19.7. The van der Waals surface area contributed by atoms with Crippen molar-refractivity contribution in [1.29, 1.82) is 0 Å². The number of aliphatic hydroxyl groups is 2. The lowest BCUT2D eigenvalue weighted by Crippen LogP contribution is -2.52. The zero-order valence-electron chi connectivity index (χ0n) is 43.4. The fourth-order valence-electron chi connectivity index (χ4n) is 8.37. The molecule has 10 rings (SSSR count). The highest BCUT2D eigenvalue weighted by Gasteiger charge is 2.51. The number of carbonyl (C=O) groups is 8. The summed E-state index contributed by atoms with van der Waals surface area (Å²) in [4.78, 5) is 140. The lowest BCUT2D eigenvalue weighted by atomic mass is 10.1. The number of allylic oxidation sites excluding steroid dienone is 1. The third-order valence-electron chi connectivity index (χ3n) is 13.0. The lowest BCUT2D eigenvalue weighted by molar-refractivity contribution is -0.126. The summed E-state index contributed by atoms with van der Waals surface area (Å²) in [6.45, 7) is 8.19. The van der Waals surface area contributed by atoms with Gasteiger partial charge in [0.2, 0.25) is 17.7 Å². The van der Waals surface area contributed by atoms with Crippen molar-refractivity contribution in [3.8, 4) is 43.4 Å². The Bertz CT molecular complexity index is 3650. The molecule has 1 aliphatic carbocycles. The van der Waals surface area contributed by atoms with E-state index in [2.05, 4.69) is 57.2 Å². The van der Waals surface area contributed by atoms with Crippen LogP contribution in [0, 0.1) is 5.92 Å². The second-order valence-electron chi connectivity index (χ2n) is 19.2. The van der Waals surface area contributed by atoms with E-state index in [4.69, 9.17) is 15.0 Å². The van der Waals surface area contributed by atoms with E-state index < -0.39 is 83.3 Å². The van der Waals surface area contributed by atoms with Gasteiger partial charge in [-0.2, -0.15) is 0 Å². The number of hydrogen-bond acceptors (Lipinski definition) is 23. The first-order valence-corrected chi connectivity index (χ1v) is 30.3. The van der Waals surface area contributed by atoms with E-state index in [0.717, 1.165) is 38.9 Å². The molecule has 7 aromatic rings. The molecule has 9 N–H and O–H groups in total. The predicted molar refractivity (Wildman–Crippen MR) is 302 cm³/mol. The van der Waals surface area contributed by atoms with Crippen LogP contribution in [-0.2, 0) is 14.4 Å². The molecule has 0 aromatic carbocycles. The number of nitrogens with zero attached hydrogens (tertiary/aromatic N) is 8. The average molecular weight is 1210 g/mol. The minimum Gasteiger partial charge on any atom is -0.391 e. The van der Waals surface area contributed by atoms with Crippen LogP contribution < -0.4 is 37.2 Å². The highest BCUT2D eigenvalue weighted by Crippen LogP contribution is 2.39. The first-order chi connectivity index (χ1) is 38.8. The fraction of sp³-hybridized carbons (Fsp3) is 0.340. The lowest BCUT2D eigenvalue weighted by Gasteiger charge is -2.21. The zero-order chi connectivity index (χ0) is 57.4. The average Bonchev–Trinajstić information content (AvgIpc) is 4.41. The van der Waals surface area contributed by atoms with Crippen LogP contribution in [0.3, 0.4) is 0 Å². The number of thiazole rings is 6. The molecule has 1 saturated heterocycles. The third-order valence-corrected chi connectivity index (χ3v) is 18.3. The Morgan fingerprint density at radius 3 is 1.88 bits per heavy atom. The van der Waals surface area contributed by atoms with Crippen molar-refractivity contribution >= 4 is 121 Å². The Kier molecular flexibility index (Phi) is 16.4. The molecule has 0 radical (unpaired) electrons. The van der Waals surface area contributed by atoms with E-state index in [9.17, 15) is 48.6 Å². The minimum absolute atomic E-state index is 0.0124. The molecule has 0 unspecified atom stereocenters. The number of pyridine rings is 1. The van der Waals surface area contributed by atoms with Gasteiger partial charge in [-0.25, -0.2) is 39.7 Å². The maximum atomic E-state index is 13.9. The Morgan fingerprint density at radius 2 is 1.22 bits per heavy atom. The number of imide groups is 1. The quantitative estimate of drug-likeness (QED) is 0.0812. The maximum Gasteiger partial charge on any atom is 0.324 e. The monoisotopic (exact) mass is 1210 g/mol. The van der Waals surface area contributed by atoms with Crippen LogP contribution in [0.25, 0.3) is 49.1 Å². The van der Waals surface area contributed by atoms with Gasteiger partial charge in [-0.1, -0.05) is 19.9 Å². The number of aromatic nitrogens is 7. The van der Waals surface area contributed by atoms with Crippen molar-refractivity contribution < 1.29 is 48.6 Å². The summed E-state index contributed by atoms with van der Waals surface area (Å²) in [5, 5.41) is 52.9. The van der Waals surface area contributed by atoms with Gasteiger partial charge >= 0.3 is 6.03 Å². The number of amides is 9. The molecule has 9 heterocycles. The summed E-state index contributed by atoms with van der Waals surface area (Å²) in [6, 6.07) is -0.199. The van der Waals surface area contributed by atoms with Gasteiger partial charge in [-0.15, -0.1) is 68.0 Å². The van der Waals surface area contributed by atoms with E-state index in [0.29, 0.717) is 66.2 Å². The Morgan fingerprint density at radius 1 is 0.667 bits per heavy atom. The fourth-order valence-corrected chi connectivity index (χ4v) is 13.6. The van der Waals surface area contributed by atoms with Gasteiger partial charge in [0.1, 0.15) is 87.5 Å². The number of rotatable bonds is 11. The van der Waals surface area contributed by atoms with Crippen molar-refractivity contribution in [2.75, 3.05) is 19.6 Å². The van der Waals surface area contributed by atoms with Crippen LogP contribution in [0.4, 0.5) is 4.79 Å². The van der Waals surface area contributed by atoms with E-state index in [-0.39, 0.29) is 59.0 Å². The maximum absolute atomic E-state index is 13.9. The number of aliphatic hydroxyl groups excluding tert-OH is 2. The molecule has 81 heavy (non-hydrogen) atoms. The van der Waals surface area contributed by atoms with E-state index in [1.165, 1.54) is 58.6 Å². The van der Waals surface area contributed by atoms with Crippen LogP contribution in [0.1, 0.15) is 117 Å². The van der Waals surface area contributed by atoms with E-state index in [1.807, 2.05) is 13.8 Å². The van der Waals surface area contributed by atoms with Gasteiger partial charge < -0.3 is 47.4 Å². The molecule has 7 aromatic heterocycles. The van der Waals surface area contributed by atoms with Crippen LogP contribution in [-0.4, -0.2) is 141 Å². The number of urea groups is 1. The van der Waals surface area contributed by atoms with Gasteiger partial charge in [-0.05, 0) is 51.7 Å². The summed E-state index contributed by atoms with van der Waals surface area (Å²) >= 11 is 6.95. The first-order valence-electron chi connectivity index (χ1n) is 25.0. The second-order valence-corrected chi connectivity index (χ2v) is 24.4. The molecular formula is C50H49N15O10S6. The molecule has 5 atom stereocenters. The SMILES string of the molecule is C/C=C1\NC(=O)[C@H]([C@@H](C)O)NC(=O)c2csc(n2)-c2ccc(-c3nc(-c4nc(C(=O)NC5(C(=O)NCCN6C(=O)CNC6=O)CC5)cs4)cs3)nc2-c2csc(n2)[C@H]([C@@H](C)O)NC(=O)c2csc(n2)[C@H](C(C)C)NC(=O)c2csc1n2. The van der Waals surface area contributed by atoms with Gasteiger partial charge in [0, 0.05) is 50.9 Å². The van der Waals surface area contributed by atoms with Crippen molar-refractivity contribution in [1.82, 2.24) is 77.0 Å². The molecule has 2 aliphatic heterocycles. The Hall–Kier alpha value is -7.65. The second kappa shape index (κ2) is 23.4. The van der Waals surface area contributed by atoms with Gasteiger partial charge in [0.05, 0.1) is 36.2 Å². The predicted octanol–water partition coefficient (Wildman–Crippen LogP) is 4.37. The molecule has 9 amide bonds. The van der Waals surface area contributed by atoms with Crippen molar-refractivity contribution in [3.05, 3.63) is 88.3 Å². The van der Waals surface area contributed by atoms with Gasteiger partial charge in [0.25, 0.3) is 23.6 Å². The number of hydrogen-bond donors (Lipinski definition) is 9. The number of carbonyl (C=O) groups excluding carboxylic acids is 8. The topological polar surface area (TPSA) is 355 Å². The molecule has 420 valence electrons. The summed E-state index contributed by atoms with van der Waals surface area (Å²) < 4.78 is 0. The molecule has 8 bridgehead atoms. The standard InChI is InChI=1S/C50H49N15O10S6/c1-6-24-43-57-28(16-77-43)37(69)61-33(20(2)3)46-59-29(17-81-46)39(71)63-35(22(5)67)47-55-26(14-80-47)36-23(42-56-27(15-76-42)38(70)62-34(21(4)66)41(73)54-24)7-8-25(53-36)44-60-31(19-79-44)45-58-30(18-78-45)40(72)64-50(9-10-50)48(74)51-11-12-65-32(68)13-52-49(65)75/h6-8,14-22,33-35,66-67H,9-13H2,1-5H3,(H,51,74)(H,52,75)(H,54,73)(H,61,69)(H,62,70)(H,63,71)(H,64,72)/b24-6-/t21-,22-,33+,34+,35+/m1/s1. The van der Waals surface area contributed by atoms with Crippen LogP contribution in [0.5, 0.6) is 0 Å². The van der Waals surface area contributed by atoms with Crippen LogP contribution in [0.15, 0.2) is 50.5 Å². The Labute approximate surface area is 484 Å². The molecular weight excluding hydrogens is 1160 g/mol. The molecule has 2 fully saturated rings. The highest BCUT2D eigenvalue weighted by molar-refractivity contribution is 7.15. The van der Waals surface area contributed by atoms with Crippen molar-refractivity contribution in [3.63, 3.8) is 0 Å². The zero-order valence-corrected chi connectivity index (χ0v) is 48.3. The van der Waals surface area contributed by atoms with E-state index >= 15 is 0 Å². The van der Waals surface area contributed by atoms with E-state index in [1.54, 1.807) is 46.7 Å². The summed E-state index contributed by atoms with van der Waals surface area (Å²) in [5.41, 5.74) is 1.07. The summed E-state index contributed by atoms with van der Waals surface area (Å²) in [7, 11) is 0. The largest absolute Gasteiger partial charge is 0.391 e. The molecule has 1 saturated carbocycles. The highest BCUT2D eigenvalue weighted by atomic mass is 32.1. The van der Waals surface area contributed by atoms with Gasteiger partial charge in [-0.3, -0.25) is 38.5 Å². The number of nitrogens with one attached hydrogen (secondary N) is 7. The molecule has 31 heteroatoms. The first kappa shape index (κ1) is 56.6. The number of fused-ring (bicyclic) bond motifs is 11. The summed E-state index contributed by atoms with van der Waals surface area (Å²) in [5.74, 6) is -4.24. The third kappa shape index (κ3) is 12.1. The molecule has 25 nitrogen and oxygen atoms in total. The Balaban J connectivity index is 0.941.